The van der Waals surface area contributed by atoms with E-state index in [1.165, 1.54) is 0 Å². The van der Waals surface area contributed by atoms with Crippen LogP contribution in [-0.2, 0) is 0 Å². The molecule has 0 bridgehead atoms. The summed E-state index contributed by atoms with van der Waals surface area (Å²) in [6, 6.07) is 14.9. The Morgan fingerprint density at radius 2 is 2.12 bits per heavy atom. The molecule has 6 nitrogen and oxygen atoms in total. The zero-order valence-electron chi connectivity index (χ0n) is 13.1. The van der Waals surface area contributed by atoms with Crippen LogP contribution in [0.5, 0.6) is 5.75 Å². The largest absolute Gasteiger partial charge is 0.491 e. The first-order chi connectivity index (χ1) is 11.7. The maximum Gasteiger partial charge on any atom is 0.251 e. The number of aryl methyl sites for hydroxylation is 1. The van der Waals surface area contributed by atoms with E-state index in [2.05, 4.69) is 20.5 Å². The number of amides is 1. The fraction of sp³-hybridized carbons (Fsp3) is 0.167. The van der Waals surface area contributed by atoms with Crippen LogP contribution in [0.25, 0.3) is 11.4 Å². The lowest BCUT2D eigenvalue weighted by Crippen LogP contribution is -2.29. The van der Waals surface area contributed by atoms with Gasteiger partial charge < -0.3 is 10.1 Å². The lowest BCUT2D eigenvalue weighted by molar-refractivity contribution is 0.0930. The van der Waals surface area contributed by atoms with Crippen LogP contribution in [0.4, 0.5) is 0 Å². The Bertz CT molecular complexity index is 903. The van der Waals surface area contributed by atoms with Crippen LogP contribution in [0, 0.1) is 6.92 Å². The van der Waals surface area contributed by atoms with Crippen LogP contribution >= 0.6 is 0 Å². The Hall–Kier alpha value is -3.15. The fourth-order valence-corrected chi connectivity index (χ4v) is 2.80. The van der Waals surface area contributed by atoms with E-state index in [9.17, 15) is 4.79 Å². The maximum atomic E-state index is 12.6. The maximum absolute atomic E-state index is 12.6. The van der Waals surface area contributed by atoms with Crippen molar-refractivity contribution in [1.82, 2.24) is 20.5 Å². The van der Waals surface area contributed by atoms with Crippen molar-refractivity contribution < 1.29 is 9.53 Å². The molecule has 1 amide bonds. The lowest BCUT2D eigenvalue weighted by Gasteiger charge is -2.12. The van der Waals surface area contributed by atoms with Gasteiger partial charge in [0.15, 0.2) is 5.82 Å². The Kier molecular flexibility index (Phi) is 3.49. The second-order valence-electron chi connectivity index (χ2n) is 5.70. The smallest absolute Gasteiger partial charge is 0.251 e. The van der Waals surface area contributed by atoms with Gasteiger partial charge in [0.2, 0.25) is 0 Å². The number of aromatic nitrogens is 3. The zero-order chi connectivity index (χ0) is 16.5. The molecule has 1 aliphatic rings. The number of rotatable bonds is 3. The predicted octanol–water partition coefficient (Wildman–Crippen LogP) is 2.64. The van der Waals surface area contributed by atoms with Gasteiger partial charge in [-0.2, -0.15) is 5.10 Å². The molecule has 24 heavy (non-hydrogen) atoms. The Morgan fingerprint density at radius 3 is 2.96 bits per heavy atom. The van der Waals surface area contributed by atoms with E-state index >= 15 is 0 Å². The van der Waals surface area contributed by atoms with Crippen molar-refractivity contribution in [3.05, 3.63) is 65.5 Å². The molecule has 3 aromatic rings. The van der Waals surface area contributed by atoms with Gasteiger partial charge in [0.1, 0.15) is 18.2 Å². The number of nitrogens with zero attached hydrogens (tertiary/aromatic N) is 2. The molecule has 0 saturated heterocycles. The summed E-state index contributed by atoms with van der Waals surface area (Å²) in [5.41, 5.74) is 2.38. The molecule has 4 rings (SSSR count). The van der Waals surface area contributed by atoms with Crippen molar-refractivity contribution in [3.63, 3.8) is 0 Å². The van der Waals surface area contributed by atoms with E-state index in [0.29, 0.717) is 18.0 Å². The SMILES string of the molecule is Cc1nc(-c2cccc(C(=O)N[C@H]3COc4ccccc43)c2)n[nH]1. The average molecular weight is 320 g/mol. The number of ether oxygens (including phenoxy) is 1. The molecule has 0 aliphatic carbocycles. The van der Waals surface area contributed by atoms with Gasteiger partial charge in [0, 0.05) is 16.7 Å². The summed E-state index contributed by atoms with van der Waals surface area (Å²) in [7, 11) is 0. The molecule has 6 heteroatoms. The van der Waals surface area contributed by atoms with Gasteiger partial charge in [0.05, 0.1) is 6.04 Å². The highest BCUT2D eigenvalue weighted by molar-refractivity contribution is 5.95. The lowest BCUT2D eigenvalue weighted by atomic mass is 10.1. The quantitative estimate of drug-likeness (QED) is 0.777. The number of carbonyl (C=O) groups excluding carboxylic acids is 1. The highest BCUT2D eigenvalue weighted by atomic mass is 16.5. The summed E-state index contributed by atoms with van der Waals surface area (Å²) < 4.78 is 5.60. The van der Waals surface area contributed by atoms with Crippen LogP contribution in [0.15, 0.2) is 48.5 Å². The number of H-pyrrole nitrogens is 1. The number of hydrogen-bond acceptors (Lipinski definition) is 4. The first-order valence-corrected chi connectivity index (χ1v) is 7.73. The molecule has 1 atom stereocenters. The minimum Gasteiger partial charge on any atom is -0.491 e. The number of benzene rings is 2. The minimum absolute atomic E-state index is 0.136. The van der Waals surface area contributed by atoms with Gasteiger partial charge in [-0.3, -0.25) is 9.89 Å². The molecule has 2 aromatic carbocycles. The second kappa shape index (κ2) is 5.81. The first-order valence-electron chi connectivity index (χ1n) is 7.73. The van der Waals surface area contributed by atoms with Crippen molar-refractivity contribution in [2.75, 3.05) is 6.61 Å². The number of carbonyl (C=O) groups is 1. The topological polar surface area (TPSA) is 79.9 Å². The molecule has 2 N–H and O–H groups in total. The average Bonchev–Trinajstić information content (AvgIpc) is 3.22. The van der Waals surface area contributed by atoms with Crippen molar-refractivity contribution in [2.24, 2.45) is 0 Å². The number of fused-ring (bicyclic) bond motifs is 1. The van der Waals surface area contributed by atoms with E-state index in [1.807, 2.05) is 43.3 Å². The normalized spacial score (nSPS) is 15.6. The minimum atomic E-state index is -0.144. The highest BCUT2D eigenvalue weighted by Crippen LogP contribution is 2.31. The summed E-state index contributed by atoms with van der Waals surface area (Å²) in [5, 5.41) is 9.96. The van der Waals surface area contributed by atoms with Crippen LogP contribution in [0.3, 0.4) is 0 Å². The molecule has 0 saturated carbocycles. The fourth-order valence-electron chi connectivity index (χ4n) is 2.80. The molecular formula is C18H16N4O2. The van der Waals surface area contributed by atoms with Crippen molar-refractivity contribution >= 4 is 5.91 Å². The monoisotopic (exact) mass is 320 g/mol. The molecule has 0 unspecified atom stereocenters. The van der Waals surface area contributed by atoms with Crippen LogP contribution in [0.2, 0.25) is 0 Å². The predicted molar refractivity (Wildman–Crippen MR) is 88.7 cm³/mol. The molecule has 1 aliphatic heterocycles. The van der Waals surface area contributed by atoms with Gasteiger partial charge >= 0.3 is 0 Å². The molecule has 1 aromatic heterocycles. The van der Waals surface area contributed by atoms with E-state index < -0.39 is 0 Å². The summed E-state index contributed by atoms with van der Waals surface area (Å²) in [5.74, 6) is 2.00. The third-order valence-electron chi connectivity index (χ3n) is 3.99. The van der Waals surface area contributed by atoms with Gasteiger partial charge in [-0.25, -0.2) is 4.98 Å². The van der Waals surface area contributed by atoms with E-state index in [4.69, 9.17) is 4.74 Å². The number of hydrogen-bond donors (Lipinski definition) is 2. The Balaban J connectivity index is 1.55. The standard InChI is InChI=1S/C18H16N4O2/c1-11-19-17(22-21-11)12-5-4-6-13(9-12)18(23)20-15-10-24-16-8-3-2-7-14(15)16/h2-9,15H,10H2,1H3,(H,20,23)(H,19,21,22)/t15-/m0/s1. The third-order valence-corrected chi connectivity index (χ3v) is 3.99. The first kappa shape index (κ1) is 14.4. The van der Waals surface area contributed by atoms with Crippen LogP contribution in [-0.4, -0.2) is 27.7 Å². The summed E-state index contributed by atoms with van der Waals surface area (Å²) in [4.78, 5) is 16.9. The van der Waals surface area contributed by atoms with Gasteiger partial charge in [-0.05, 0) is 25.1 Å². The Labute approximate surface area is 138 Å². The van der Waals surface area contributed by atoms with Crippen LogP contribution in [0.1, 0.15) is 27.8 Å². The summed E-state index contributed by atoms with van der Waals surface area (Å²) >= 11 is 0. The molecule has 2 heterocycles. The van der Waals surface area contributed by atoms with E-state index in [1.54, 1.807) is 12.1 Å². The van der Waals surface area contributed by atoms with Crippen molar-refractivity contribution in [2.45, 2.75) is 13.0 Å². The number of aromatic amines is 1. The van der Waals surface area contributed by atoms with Gasteiger partial charge in [0.25, 0.3) is 5.91 Å². The van der Waals surface area contributed by atoms with Crippen LogP contribution < -0.4 is 10.1 Å². The molecule has 0 radical (unpaired) electrons. The second-order valence-corrected chi connectivity index (χ2v) is 5.70. The number of para-hydroxylation sites is 1. The summed E-state index contributed by atoms with van der Waals surface area (Å²) in [6.45, 7) is 2.29. The van der Waals surface area contributed by atoms with E-state index in [0.717, 1.165) is 22.7 Å². The molecule has 0 fully saturated rings. The molecule has 120 valence electrons. The zero-order valence-corrected chi connectivity index (χ0v) is 13.1. The Morgan fingerprint density at radius 1 is 1.25 bits per heavy atom. The third kappa shape index (κ3) is 2.62. The number of nitrogens with one attached hydrogen (secondary N) is 2. The summed E-state index contributed by atoms with van der Waals surface area (Å²) in [6.07, 6.45) is 0. The molecule has 0 spiro atoms. The highest BCUT2D eigenvalue weighted by Gasteiger charge is 2.25. The molecular weight excluding hydrogens is 304 g/mol. The van der Waals surface area contributed by atoms with Gasteiger partial charge in [-0.1, -0.05) is 30.3 Å². The van der Waals surface area contributed by atoms with Crippen molar-refractivity contribution in [1.29, 1.82) is 0 Å². The van der Waals surface area contributed by atoms with Gasteiger partial charge in [-0.15, -0.1) is 0 Å². The van der Waals surface area contributed by atoms with Crippen molar-refractivity contribution in [3.8, 4) is 17.1 Å². The van der Waals surface area contributed by atoms with E-state index in [-0.39, 0.29) is 11.9 Å².